The third-order valence-electron chi connectivity index (χ3n) is 3.81. The maximum absolute atomic E-state index is 5.93. The van der Waals surface area contributed by atoms with Crippen LogP contribution in [0.25, 0.3) is 0 Å². The molecule has 1 fully saturated rings. The van der Waals surface area contributed by atoms with E-state index in [2.05, 4.69) is 16.3 Å². The number of piperazine rings is 1. The first-order valence-corrected chi connectivity index (χ1v) is 7.15. The first-order chi connectivity index (χ1) is 9.85. The number of fused-ring (bicyclic) bond motifs is 1. The minimum Gasteiger partial charge on any atom is -0.486 e. The van der Waals surface area contributed by atoms with E-state index in [0.717, 1.165) is 54.5 Å². The Balaban J connectivity index is 2.10. The summed E-state index contributed by atoms with van der Waals surface area (Å²) in [6.45, 7) is 5.89. The smallest absolute Gasteiger partial charge is 0.185 e. The van der Waals surface area contributed by atoms with E-state index < -0.39 is 0 Å². The van der Waals surface area contributed by atoms with Crippen molar-refractivity contribution in [2.75, 3.05) is 44.3 Å². The van der Waals surface area contributed by atoms with E-state index in [0.29, 0.717) is 26.3 Å². The standard InChI is InChI=1S/C14H22N4O2/c15-8-10-7-11(9-16)13-14(20-6-5-19-13)12(10)18-3-1-17-2-4-18/h7,17H,1-6,8-9,15-16H2. The fourth-order valence-electron chi connectivity index (χ4n) is 2.87. The second-order valence-corrected chi connectivity index (χ2v) is 5.04. The predicted molar refractivity (Wildman–Crippen MR) is 78.3 cm³/mol. The Morgan fingerprint density at radius 3 is 2.30 bits per heavy atom. The molecule has 6 nitrogen and oxygen atoms in total. The number of ether oxygens (including phenoxy) is 2. The Bertz CT molecular complexity index is 487. The Morgan fingerprint density at radius 2 is 1.65 bits per heavy atom. The lowest BCUT2D eigenvalue weighted by atomic mass is 10.0. The van der Waals surface area contributed by atoms with Crippen molar-refractivity contribution in [2.45, 2.75) is 13.1 Å². The number of hydrogen-bond acceptors (Lipinski definition) is 6. The van der Waals surface area contributed by atoms with Gasteiger partial charge >= 0.3 is 0 Å². The van der Waals surface area contributed by atoms with Crippen LogP contribution in [0, 0.1) is 0 Å². The van der Waals surface area contributed by atoms with Gasteiger partial charge in [0.25, 0.3) is 0 Å². The summed E-state index contributed by atoms with van der Waals surface area (Å²) < 4.78 is 11.7. The summed E-state index contributed by atoms with van der Waals surface area (Å²) in [5.74, 6) is 1.62. The van der Waals surface area contributed by atoms with E-state index in [9.17, 15) is 0 Å². The maximum Gasteiger partial charge on any atom is 0.185 e. The lowest BCUT2D eigenvalue weighted by Gasteiger charge is -2.34. The fourth-order valence-corrected chi connectivity index (χ4v) is 2.87. The van der Waals surface area contributed by atoms with Gasteiger partial charge in [-0.15, -0.1) is 0 Å². The predicted octanol–water partition coefficient (Wildman–Crippen LogP) is -0.215. The second kappa shape index (κ2) is 5.87. The number of nitrogens with two attached hydrogens (primary N) is 2. The Kier molecular flexibility index (Phi) is 3.95. The average Bonchev–Trinajstić information content (AvgIpc) is 2.54. The topological polar surface area (TPSA) is 85.8 Å². The lowest BCUT2D eigenvalue weighted by molar-refractivity contribution is 0.170. The molecule has 2 aliphatic heterocycles. The van der Waals surface area contributed by atoms with Gasteiger partial charge < -0.3 is 31.2 Å². The van der Waals surface area contributed by atoms with Crippen molar-refractivity contribution in [3.63, 3.8) is 0 Å². The zero-order chi connectivity index (χ0) is 13.9. The van der Waals surface area contributed by atoms with Gasteiger partial charge in [-0.3, -0.25) is 0 Å². The van der Waals surface area contributed by atoms with Crippen LogP contribution in [0.1, 0.15) is 11.1 Å². The summed E-state index contributed by atoms with van der Waals surface area (Å²) in [6.07, 6.45) is 0. The van der Waals surface area contributed by atoms with Crippen LogP contribution in [-0.2, 0) is 13.1 Å². The summed E-state index contributed by atoms with van der Waals surface area (Å²) in [5, 5.41) is 3.36. The molecule has 0 radical (unpaired) electrons. The van der Waals surface area contributed by atoms with Crippen molar-refractivity contribution in [2.24, 2.45) is 11.5 Å². The highest BCUT2D eigenvalue weighted by atomic mass is 16.6. The van der Waals surface area contributed by atoms with Crippen LogP contribution in [0.15, 0.2) is 6.07 Å². The molecular weight excluding hydrogens is 256 g/mol. The van der Waals surface area contributed by atoms with E-state index in [1.165, 1.54) is 0 Å². The Hall–Kier alpha value is -1.50. The minimum absolute atomic E-state index is 0.431. The Labute approximate surface area is 119 Å². The fraction of sp³-hybridized carbons (Fsp3) is 0.571. The molecule has 1 aromatic rings. The van der Waals surface area contributed by atoms with Gasteiger partial charge in [0.1, 0.15) is 13.2 Å². The second-order valence-electron chi connectivity index (χ2n) is 5.04. The van der Waals surface area contributed by atoms with Crippen molar-refractivity contribution >= 4 is 5.69 Å². The van der Waals surface area contributed by atoms with Crippen molar-refractivity contribution in [1.29, 1.82) is 0 Å². The largest absolute Gasteiger partial charge is 0.486 e. The molecule has 2 heterocycles. The van der Waals surface area contributed by atoms with Gasteiger partial charge in [-0.25, -0.2) is 0 Å². The van der Waals surface area contributed by atoms with Gasteiger partial charge in [0.2, 0.25) is 0 Å². The molecule has 1 aromatic carbocycles. The van der Waals surface area contributed by atoms with E-state index in [4.69, 9.17) is 20.9 Å². The molecule has 0 unspecified atom stereocenters. The number of benzene rings is 1. The number of hydrogen-bond donors (Lipinski definition) is 3. The van der Waals surface area contributed by atoms with Gasteiger partial charge in [0, 0.05) is 44.8 Å². The summed E-state index contributed by atoms with van der Waals surface area (Å²) in [7, 11) is 0. The molecule has 0 atom stereocenters. The van der Waals surface area contributed by atoms with E-state index in [1.54, 1.807) is 0 Å². The molecular formula is C14H22N4O2. The van der Waals surface area contributed by atoms with Crippen LogP contribution in [0.4, 0.5) is 5.69 Å². The number of nitrogens with zero attached hydrogens (tertiary/aromatic N) is 1. The normalized spacial score (nSPS) is 18.2. The van der Waals surface area contributed by atoms with Crippen molar-refractivity contribution in [1.82, 2.24) is 5.32 Å². The first-order valence-electron chi connectivity index (χ1n) is 7.15. The molecule has 1 saturated heterocycles. The highest BCUT2D eigenvalue weighted by molar-refractivity contribution is 5.72. The maximum atomic E-state index is 5.93. The van der Waals surface area contributed by atoms with E-state index in [-0.39, 0.29) is 0 Å². The number of anilines is 1. The summed E-state index contributed by atoms with van der Waals surface area (Å²) >= 11 is 0. The number of nitrogens with one attached hydrogen (secondary N) is 1. The quantitative estimate of drug-likeness (QED) is 0.709. The average molecular weight is 278 g/mol. The third-order valence-corrected chi connectivity index (χ3v) is 3.81. The molecule has 5 N–H and O–H groups in total. The molecule has 0 aromatic heterocycles. The molecule has 2 aliphatic rings. The van der Waals surface area contributed by atoms with Gasteiger partial charge in [-0.2, -0.15) is 0 Å². The zero-order valence-electron chi connectivity index (χ0n) is 11.7. The number of rotatable bonds is 3. The highest BCUT2D eigenvalue weighted by Crippen LogP contribution is 2.44. The molecule has 0 aliphatic carbocycles. The molecule has 0 saturated carbocycles. The van der Waals surface area contributed by atoms with Crippen LogP contribution in [0.3, 0.4) is 0 Å². The monoisotopic (exact) mass is 278 g/mol. The van der Waals surface area contributed by atoms with Gasteiger partial charge in [0.15, 0.2) is 11.5 Å². The van der Waals surface area contributed by atoms with Crippen molar-refractivity contribution < 1.29 is 9.47 Å². The van der Waals surface area contributed by atoms with E-state index in [1.807, 2.05) is 0 Å². The summed E-state index contributed by atoms with van der Waals surface area (Å²) in [4.78, 5) is 2.33. The van der Waals surface area contributed by atoms with Crippen LogP contribution in [-0.4, -0.2) is 39.4 Å². The molecule has 110 valence electrons. The molecule has 6 heteroatoms. The van der Waals surface area contributed by atoms with Crippen LogP contribution in [0.5, 0.6) is 11.5 Å². The SMILES string of the molecule is NCc1cc(CN)c(N2CCNCC2)c2c1OCCO2. The molecule has 0 bridgehead atoms. The first kappa shape index (κ1) is 13.5. The molecule has 20 heavy (non-hydrogen) atoms. The molecule has 0 spiro atoms. The van der Waals surface area contributed by atoms with Crippen LogP contribution in [0.2, 0.25) is 0 Å². The van der Waals surface area contributed by atoms with Crippen LogP contribution >= 0.6 is 0 Å². The van der Waals surface area contributed by atoms with Gasteiger partial charge in [-0.05, 0) is 11.6 Å². The van der Waals surface area contributed by atoms with Crippen molar-refractivity contribution in [3.8, 4) is 11.5 Å². The molecule has 0 amide bonds. The summed E-state index contributed by atoms with van der Waals surface area (Å²) in [6, 6.07) is 2.06. The third kappa shape index (κ3) is 2.30. The summed E-state index contributed by atoms with van der Waals surface area (Å²) in [5.41, 5.74) is 14.9. The van der Waals surface area contributed by atoms with Gasteiger partial charge in [-0.1, -0.05) is 0 Å². The lowest BCUT2D eigenvalue weighted by Crippen LogP contribution is -2.44. The highest BCUT2D eigenvalue weighted by Gasteiger charge is 2.26. The Morgan fingerprint density at radius 1 is 1.00 bits per heavy atom. The van der Waals surface area contributed by atoms with Crippen molar-refractivity contribution in [3.05, 3.63) is 17.2 Å². The zero-order valence-corrected chi connectivity index (χ0v) is 11.7. The minimum atomic E-state index is 0.431. The van der Waals surface area contributed by atoms with E-state index >= 15 is 0 Å². The molecule has 3 rings (SSSR count). The van der Waals surface area contributed by atoms with Crippen LogP contribution < -0.4 is 31.2 Å². The van der Waals surface area contributed by atoms with Gasteiger partial charge in [0.05, 0.1) is 5.69 Å².